The second kappa shape index (κ2) is 8.30. The van der Waals surface area contributed by atoms with Crippen LogP contribution in [0.4, 0.5) is 16.2 Å². The van der Waals surface area contributed by atoms with Gasteiger partial charge in [-0.25, -0.2) is 4.79 Å². The fourth-order valence-corrected chi connectivity index (χ4v) is 3.42. The molecule has 8 nitrogen and oxygen atoms in total. The molecule has 0 unspecified atom stereocenters. The Kier molecular flexibility index (Phi) is 5.41. The van der Waals surface area contributed by atoms with Crippen molar-refractivity contribution in [3.63, 3.8) is 0 Å². The fourth-order valence-electron chi connectivity index (χ4n) is 3.42. The van der Waals surface area contributed by atoms with Gasteiger partial charge in [0.25, 0.3) is 0 Å². The maximum atomic E-state index is 12.4. The first-order valence-electron chi connectivity index (χ1n) is 9.63. The summed E-state index contributed by atoms with van der Waals surface area (Å²) in [5, 5.41) is 5.64. The van der Waals surface area contributed by atoms with E-state index in [1.54, 1.807) is 23.1 Å². The second-order valence-electron chi connectivity index (χ2n) is 6.79. The maximum absolute atomic E-state index is 12.4. The van der Waals surface area contributed by atoms with Crippen molar-refractivity contribution in [3.8, 4) is 17.2 Å². The molecular formula is C21H23N3O5. The Labute approximate surface area is 168 Å². The van der Waals surface area contributed by atoms with Crippen molar-refractivity contribution in [2.45, 2.75) is 19.4 Å². The van der Waals surface area contributed by atoms with Crippen LogP contribution in [-0.2, 0) is 4.79 Å². The van der Waals surface area contributed by atoms with Crippen molar-refractivity contribution >= 4 is 23.3 Å². The second-order valence-corrected chi connectivity index (χ2v) is 6.79. The summed E-state index contributed by atoms with van der Waals surface area (Å²) < 4.78 is 16.4. The predicted octanol–water partition coefficient (Wildman–Crippen LogP) is 2.78. The van der Waals surface area contributed by atoms with E-state index < -0.39 is 0 Å². The van der Waals surface area contributed by atoms with Crippen molar-refractivity contribution in [2.24, 2.45) is 0 Å². The summed E-state index contributed by atoms with van der Waals surface area (Å²) in [5.74, 6) is 2.00. The van der Waals surface area contributed by atoms with Gasteiger partial charge in [0.05, 0.1) is 12.6 Å². The van der Waals surface area contributed by atoms with Crippen LogP contribution in [0.5, 0.6) is 17.2 Å². The van der Waals surface area contributed by atoms with Crippen molar-refractivity contribution < 1.29 is 23.8 Å². The van der Waals surface area contributed by atoms with Crippen molar-refractivity contribution in [1.82, 2.24) is 5.32 Å². The standard InChI is InChI=1S/C21H23N3O5/c1-2-27-17-6-4-16(5-7-17)24-13-15(12-20(24)25)23-21(26)22-14-3-8-18-19(11-14)29-10-9-28-18/h3-8,11,15H,2,9-10,12-13H2,1H3,(H2,22,23,26)/t15-/m1/s1. The van der Waals surface area contributed by atoms with Crippen molar-refractivity contribution in [1.29, 1.82) is 0 Å². The van der Waals surface area contributed by atoms with E-state index in [2.05, 4.69) is 10.6 Å². The molecular weight excluding hydrogens is 374 g/mol. The van der Waals surface area contributed by atoms with E-state index >= 15 is 0 Å². The van der Waals surface area contributed by atoms with E-state index in [1.165, 1.54) is 0 Å². The van der Waals surface area contributed by atoms with Crippen LogP contribution in [0, 0.1) is 0 Å². The van der Waals surface area contributed by atoms with Crippen LogP contribution in [0.2, 0.25) is 0 Å². The number of hydrogen-bond donors (Lipinski definition) is 2. The van der Waals surface area contributed by atoms with Gasteiger partial charge in [0.2, 0.25) is 5.91 Å². The van der Waals surface area contributed by atoms with Gasteiger partial charge >= 0.3 is 6.03 Å². The number of hydrogen-bond acceptors (Lipinski definition) is 5. The van der Waals surface area contributed by atoms with Gasteiger partial charge < -0.3 is 29.7 Å². The molecule has 0 radical (unpaired) electrons. The van der Waals surface area contributed by atoms with Crippen molar-refractivity contribution in [2.75, 3.05) is 36.6 Å². The molecule has 2 heterocycles. The minimum atomic E-state index is -0.368. The third-order valence-electron chi connectivity index (χ3n) is 4.72. The number of carbonyl (C=O) groups excluding carboxylic acids is 2. The summed E-state index contributed by atoms with van der Waals surface area (Å²) in [6, 6.07) is 12.0. The van der Waals surface area contributed by atoms with Crippen LogP contribution in [0.15, 0.2) is 42.5 Å². The van der Waals surface area contributed by atoms with Gasteiger partial charge in [0.15, 0.2) is 11.5 Å². The number of anilines is 2. The number of nitrogens with one attached hydrogen (secondary N) is 2. The number of fused-ring (bicyclic) bond motifs is 1. The maximum Gasteiger partial charge on any atom is 0.319 e. The molecule has 4 rings (SSSR count). The zero-order chi connectivity index (χ0) is 20.2. The molecule has 1 fully saturated rings. The number of ether oxygens (including phenoxy) is 3. The quantitative estimate of drug-likeness (QED) is 0.810. The zero-order valence-corrected chi connectivity index (χ0v) is 16.1. The number of amides is 3. The molecule has 0 aromatic heterocycles. The van der Waals surface area contributed by atoms with Crippen LogP contribution in [0.25, 0.3) is 0 Å². The minimum absolute atomic E-state index is 0.0289. The summed E-state index contributed by atoms with van der Waals surface area (Å²) in [7, 11) is 0. The molecule has 1 atom stereocenters. The largest absolute Gasteiger partial charge is 0.494 e. The Hall–Kier alpha value is -3.42. The summed E-state index contributed by atoms with van der Waals surface area (Å²) in [6.07, 6.45) is 0.252. The molecule has 2 N–H and O–H groups in total. The number of benzene rings is 2. The third kappa shape index (κ3) is 4.37. The highest BCUT2D eigenvalue weighted by atomic mass is 16.6. The average Bonchev–Trinajstić information content (AvgIpc) is 3.08. The fraction of sp³-hybridized carbons (Fsp3) is 0.333. The monoisotopic (exact) mass is 397 g/mol. The lowest BCUT2D eigenvalue weighted by Crippen LogP contribution is -2.39. The van der Waals surface area contributed by atoms with Gasteiger partial charge in [0, 0.05) is 30.4 Å². The molecule has 152 valence electrons. The molecule has 0 saturated carbocycles. The van der Waals surface area contributed by atoms with Gasteiger partial charge in [-0.3, -0.25) is 4.79 Å². The van der Waals surface area contributed by atoms with Crippen LogP contribution in [0.3, 0.4) is 0 Å². The first-order chi connectivity index (χ1) is 14.1. The van der Waals surface area contributed by atoms with Gasteiger partial charge in [0.1, 0.15) is 19.0 Å². The Morgan fingerprint density at radius 2 is 1.90 bits per heavy atom. The van der Waals surface area contributed by atoms with Gasteiger partial charge in [-0.05, 0) is 43.3 Å². The molecule has 8 heteroatoms. The topological polar surface area (TPSA) is 89.1 Å². The van der Waals surface area contributed by atoms with Crippen LogP contribution in [0.1, 0.15) is 13.3 Å². The SMILES string of the molecule is CCOc1ccc(N2C[C@H](NC(=O)Nc3ccc4c(c3)OCCO4)CC2=O)cc1. The zero-order valence-electron chi connectivity index (χ0n) is 16.1. The molecule has 2 aromatic rings. The normalized spacial score (nSPS) is 17.8. The van der Waals surface area contributed by atoms with Gasteiger partial charge in [-0.15, -0.1) is 0 Å². The summed E-state index contributed by atoms with van der Waals surface area (Å²) in [4.78, 5) is 26.4. The lowest BCUT2D eigenvalue weighted by molar-refractivity contribution is -0.117. The molecule has 0 spiro atoms. The van der Waals surface area contributed by atoms with Crippen LogP contribution >= 0.6 is 0 Å². The number of nitrogens with zero attached hydrogens (tertiary/aromatic N) is 1. The highest BCUT2D eigenvalue weighted by Crippen LogP contribution is 2.32. The smallest absolute Gasteiger partial charge is 0.319 e. The number of carbonyl (C=O) groups is 2. The number of rotatable bonds is 5. The Balaban J connectivity index is 1.34. The lowest BCUT2D eigenvalue weighted by atomic mass is 10.2. The summed E-state index contributed by atoms with van der Waals surface area (Å²) >= 11 is 0. The van der Waals surface area contributed by atoms with E-state index in [4.69, 9.17) is 14.2 Å². The highest BCUT2D eigenvalue weighted by Gasteiger charge is 2.31. The van der Waals surface area contributed by atoms with Gasteiger partial charge in [-0.2, -0.15) is 0 Å². The molecule has 0 aliphatic carbocycles. The minimum Gasteiger partial charge on any atom is -0.494 e. The van der Waals surface area contributed by atoms with Gasteiger partial charge in [-0.1, -0.05) is 0 Å². The molecule has 0 bridgehead atoms. The average molecular weight is 397 g/mol. The van der Waals surface area contributed by atoms with E-state index in [0.29, 0.717) is 43.6 Å². The van der Waals surface area contributed by atoms with Crippen LogP contribution in [-0.4, -0.2) is 44.3 Å². The first kappa shape index (κ1) is 18.9. The third-order valence-corrected chi connectivity index (χ3v) is 4.72. The predicted molar refractivity (Wildman–Crippen MR) is 108 cm³/mol. The molecule has 2 aromatic carbocycles. The van der Waals surface area contributed by atoms with Crippen molar-refractivity contribution in [3.05, 3.63) is 42.5 Å². The lowest BCUT2D eigenvalue weighted by Gasteiger charge is -2.20. The molecule has 29 heavy (non-hydrogen) atoms. The molecule has 3 amide bonds. The molecule has 1 saturated heterocycles. The van der Waals surface area contributed by atoms with E-state index in [9.17, 15) is 9.59 Å². The Morgan fingerprint density at radius 1 is 1.14 bits per heavy atom. The number of urea groups is 1. The van der Waals surface area contributed by atoms with E-state index in [0.717, 1.165) is 11.4 Å². The summed E-state index contributed by atoms with van der Waals surface area (Å²) in [5.41, 5.74) is 1.38. The Morgan fingerprint density at radius 3 is 2.66 bits per heavy atom. The van der Waals surface area contributed by atoms with E-state index in [1.807, 2.05) is 31.2 Å². The Bertz CT molecular complexity index is 900. The van der Waals surface area contributed by atoms with E-state index in [-0.39, 0.29) is 24.4 Å². The molecule has 2 aliphatic rings. The van der Waals surface area contributed by atoms with Crippen LogP contribution < -0.4 is 29.7 Å². The molecule has 2 aliphatic heterocycles. The highest BCUT2D eigenvalue weighted by molar-refractivity contribution is 5.97. The summed E-state index contributed by atoms with van der Waals surface area (Å²) in [6.45, 7) is 3.92. The first-order valence-corrected chi connectivity index (χ1v) is 9.63.